The third kappa shape index (κ3) is 2.22. The lowest BCUT2D eigenvalue weighted by atomic mass is 9.94. The Hall–Kier alpha value is -0.500. The van der Waals surface area contributed by atoms with E-state index in [2.05, 4.69) is 25.6 Å². The maximum atomic E-state index is 11.1. The molecule has 1 rings (SSSR count). The molecule has 0 fully saturated rings. The number of carbonyl (C=O) groups excluding carboxylic acids is 1. The van der Waals surface area contributed by atoms with E-state index in [4.69, 9.17) is 0 Å². The highest BCUT2D eigenvalue weighted by atomic mass is 32.1. The van der Waals surface area contributed by atoms with E-state index < -0.39 is 0 Å². The second-order valence-electron chi connectivity index (χ2n) is 2.84. The Kier molecular flexibility index (Phi) is 2.94. The Morgan fingerprint density at radius 1 is 1.82 bits per heavy atom. The van der Waals surface area contributed by atoms with Crippen LogP contribution in [0.2, 0.25) is 0 Å². The molecule has 0 aromatic heterocycles. The number of allylic oxidation sites excluding steroid dienone is 4. The van der Waals surface area contributed by atoms with Crippen molar-refractivity contribution in [2.45, 2.75) is 13.3 Å². The SMILES string of the molecule is CC1C=CC=C(C(=O)CS)C1. The first-order valence-corrected chi connectivity index (χ1v) is 4.38. The van der Waals surface area contributed by atoms with Gasteiger partial charge in [-0.15, -0.1) is 0 Å². The van der Waals surface area contributed by atoms with Gasteiger partial charge in [-0.3, -0.25) is 4.79 Å². The van der Waals surface area contributed by atoms with E-state index in [1.165, 1.54) is 0 Å². The molecule has 0 saturated carbocycles. The van der Waals surface area contributed by atoms with Gasteiger partial charge in [0.05, 0.1) is 5.75 Å². The molecular formula is C9H12OS. The normalized spacial score (nSPS) is 23.1. The largest absolute Gasteiger partial charge is 0.294 e. The van der Waals surface area contributed by atoms with Gasteiger partial charge in [-0.25, -0.2) is 0 Å². The molecule has 0 aromatic carbocycles. The standard InChI is InChI=1S/C9H12OS/c1-7-3-2-4-8(5-7)9(10)6-11/h2-4,7,11H,5-6H2,1H3. The summed E-state index contributed by atoms with van der Waals surface area (Å²) in [6, 6.07) is 0. The number of thiol groups is 1. The molecule has 0 bridgehead atoms. The minimum Gasteiger partial charge on any atom is -0.294 e. The highest BCUT2D eigenvalue weighted by Crippen LogP contribution is 2.18. The second-order valence-corrected chi connectivity index (χ2v) is 3.16. The second kappa shape index (κ2) is 3.77. The smallest absolute Gasteiger partial charge is 0.168 e. The van der Waals surface area contributed by atoms with Crippen LogP contribution in [0.15, 0.2) is 23.8 Å². The van der Waals surface area contributed by atoms with Crippen LogP contribution >= 0.6 is 12.6 Å². The Bertz CT molecular complexity index is 216. The molecule has 0 heterocycles. The Morgan fingerprint density at radius 3 is 3.09 bits per heavy atom. The lowest BCUT2D eigenvalue weighted by molar-refractivity contribution is -0.113. The molecule has 2 heteroatoms. The van der Waals surface area contributed by atoms with Crippen LogP contribution in [0.3, 0.4) is 0 Å². The van der Waals surface area contributed by atoms with Crippen LogP contribution in [0.4, 0.5) is 0 Å². The Morgan fingerprint density at radius 2 is 2.55 bits per heavy atom. The maximum Gasteiger partial charge on any atom is 0.168 e. The molecule has 11 heavy (non-hydrogen) atoms. The molecule has 60 valence electrons. The number of carbonyl (C=O) groups is 1. The molecular weight excluding hydrogens is 156 g/mol. The van der Waals surface area contributed by atoms with Crippen molar-refractivity contribution in [1.82, 2.24) is 0 Å². The highest BCUT2D eigenvalue weighted by molar-refractivity contribution is 7.81. The number of hydrogen-bond acceptors (Lipinski definition) is 2. The van der Waals surface area contributed by atoms with Crippen LogP contribution in [-0.4, -0.2) is 11.5 Å². The summed E-state index contributed by atoms with van der Waals surface area (Å²) in [4.78, 5) is 11.1. The first kappa shape index (κ1) is 8.60. The molecule has 1 aliphatic carbocycles. The zero-order valence-corrected chi connectivity index (χ0v) is 7.47. The van der Waals surface area contributed by atoms with E-state index >= 15 is 0 Å². The summed E-state index contributed by atoms with van der Waals surface area (Å²) in [6.45, 7) is 2.11. The van der Waals surface area contributed by atoms with Gasteiger partial charge in [0.2, 0.25) is 0 Å². The lowest BCUT2D eigenvalue weighted by Crippen LogP contribution is -2.09. The summed E-state index contributed by atoms with van der Waals surface area (Å²) in [5.74, 6) is 0.982. The first-order valence-electron chi connectivity index (χ1n) is 3.75. The minimum absolute atomic E-state index is 0.157. The van der Waals surface area contributed by atoms with Crippen molar-refractivity contribution in [2.24, 2.45) is 5.92 Å². The molecule has 0 radical (unpaired) electrons. The van der Waals surface area contributed by atoms with Gasteiger partial charge in [0.25, 0.3) is 0 Å². The number of rotatable bonds is 2. The van der Waals surface area contributed by atoms with Crippen molar-refractivity contribution < 1.29 is 4.79 Å². The van der Waals surface area contributed by atoms with Gasteiger partial charge < -0.3 is 0 Å². The van der Waals surface area contributed by atoms with Crippen LogP contribution in [-0.2, 0) is 4.79 Å². The van der Waals surface area contributed by atoms with E-state index in [-0.39, 0.29) is 5.78 Å². The van der Waals surface area contributed by atoms with Gasteiger partial charge in [0, 0.05) is 0 Å². The van der Waals surface area contributed by atoms with Crippen LogP contribution in [0.25, 0.3) is 0 Å². The third-order valence-electron chi connectivity index (χ3n) is 1.78. The topological polar surface area (TPSA) is 17.1 Å². The number of ketones is 1. The maximum absolute atomic E-state index is 11.1. The average molecular weight is 168 g/mol. The molecule has 1 aliphatic rings. The molecule has 0 saturated heterocycles. The molecule has 1 unspecified atom stereocenters. The zero-order valence-electron chi connectivity index (χ0n) is 6.58. The van der Waals surface area contributed by atoms with E-state index in [1.54, 1.807) is 0 Å². The highest BCUT2D eigenvalue weighted by Gasteiger charge is 2.11. The van der Waals surface area contributed by atoms with Gasteiger partial charge in [-0.05, 0) is 17.9 Å². The fourth-order valence-electron chi connectivity index (χ4n) is 1.15. The molecule has 0 aromatic rings. The van der Waals surface area contributed by atoms with E-state index in [9.17, 15) is 4.79 Å². The van der Waals surface area contributed by atoms with Gasteiger partial charge in [-0.2, -0.15) is 12.6 Å². The van der Waals surface area contributed by atoms with Crippen molar-refractivity contribution in [3.63, 3.8) is 0 Å². The fraction of sp³-hybridized carbons (Fsp3) is 0.444. The molecule has 1 atom stereocenters. The van der Waals surface area contributed by atoms with Crippen molar-refractivity contribution in [3.8, 4) is 0 Å². The zero-order chi connectivity index (χ0) is 8.27. The quantitative estimate of drug-likeness (QED) is 0.624. The van der Waals surface area contributed by atoms with Crippen molar-refractivity contribution >= 4 is 18.4 Å². The summed E-state index contributed by atoms with van der Waals surface area (Å²) < 4.78 is 0. The van der Waals surface area contributed by atoms with Gasteiger partial charge in [0.15, 0.2) is 5.78 Å². The van der Waals surface area contributed by atoms with Crippen molar-refractivity contribution in [1.29, 1.82) is 0 Å². The fourth-order valence-corrected chi connectivity index (χ4v) is 1.36. The van der Waals surface area contributed by atoms with E-state index in [0.717, 1.165) is 12.0 Å². The minimum atomic E-state index is 0.157. The molecule has 0 spiro atoms. The van der Waals surface area contributed by atoms with Crippen LogP contribution in [0, 0.1) is 5.92 Å². The Balaban J connectivity index is 2.66. The molecule has 1 nitrogen and oxygen atoms in total. The molecule has 0 amide bonds. The predicted molar refractivity (Wildman–Crippen MR) is 49.9 cm³/mol. The summed E-state index contributed by atoms with van der Waals surface area (Å²) >= 11 is 3.94. The van der Waals surface area contributed by atoms with Gasteiger partial charge >= 0.3 is 0 Å². The predicted octanol–water partition coefficient (Wildman–Crippen LogP) is 2.01. The van der Waals surface area contributed by atoms with Crippen LogP contribution in [0.5, 0.6) is 0 Å². The number of hydrogen-bond donors (Lipinski definition) is 1. The lowest BCUT2D eigenvalue weighted by Gasteiger charge is -2.11. The van der Waals surface area contributed by atoms with Crippen molar-refractivity contribution in [3.05, 3.63) is 23.8 Å². The third-order valence-corrected chi connectivity index (χ3v) is 2.07. The van der Waals surface area contributed by atoms with Crippen LogP contribution in [0.1, 0.15) is 13.3 Å². The number of Topliss-reactive ketones (excluding diaryl/α,β-unsaturated/α-hetero) is 1. The Labute approximate surface area is 72.6 Å². The van der Waals surface area contributed by atoms with Gasteiger partial charge in [-0.1, -0.05) is 25.2 Å². The van der Waals surface area contributed by atoms with E-state index in [0.29, 0.717) is 11.7 Å². The summed E-state index contributed by atoms with van der Waals surface area (Å²) in [5.41, 5.74) is 0.912. The molecule has 0 N–H and O–H groups in total. The molecule has 0 aliphatic heterocycles. The average Bonchev–Trinajstić information content (AvgIpc) is 2.03. The monoisotopic (exact) mass is 168 g/mol. The summed E-state index contributed by atoms with van der Waals surface area (Å²) in [7, 11) is 0. The first-order chi connectivity index (χ1) is 5.24. The van der Waals surface area contributed by atoms with Crippen LogP contribution < -0.4 is 0 Å². The van der Waals surface area contributed by atoms with E-state index in [1.807, 2.05) is 12.2 Å². The van der Waals surface area contributed by atoms with Gasteiger partial charge in [0.1, 0.15) is 0 Å². The summed E-state index contributed by atoms with van der Waals surface area (Å²) in [5, 5.41) is 0. The van der Waals surface area contributed by atoms with Crippen molar-refractivity contribution in [2.75, 3.05) is 5.75 Å². The summed E-state index contributed by atoms with van der Waals surface area (Å²) in [6.07, 6.45) is 6.81.